The van der Waals surface area contributed by atoms with Gasteiger partial charge in [-0.3, -0.25) is 4.98 Å². The van der Waals surface area contributed by atoms with Crippen molar-refractivity contribution in [1.29, 1.82) is 0 Å². The highest BCUT2D eigenvalue weighted by Gasteiger charge is 2.37. The summed E-state index contributed by atoms with van der Waals surface area (Å²) in [5.41, 5.74) is 1.02. The second-order valence-corrected chi connectivity index (χ2v) is 5.40. The Bertz CT molecular complexity index is 546. The summed E-state index contributed by atoms with van der Waals surface area (Å²) < 4.78 is 5.55. The Hall–Kier alpha value is -1.75. The Morgan fingerprint density at radius 3 is 2.85 bits per heavy atom. The molecule has 0 aromatic carbocycles. The van der Waals surface area contributed by atoms with Gasteiger partial charge in [-0.25, -0.2) is 0 Å². The van der Waals surface area contributed by atoms with Crippen LogP contribution in [-0.2, 0) is 11.8 Å². The van der Waals surface area contributed by atoms with E-state index in [4.69, 9.17) is 4.52 Å². The third kappa shape index (κ3) is 2.58. The van der Waals surface area contributed by atoms with Gasteiger partial charge in [-0.1, -0.05) is 18.1 Å². The van der Waals surface area contributed by atoms with Gasteiger partial charge in [0.2, 0.25) is 5.89 Å². The lowest BCUT2D eigenvalue weighted by Crippen LogP contribution is -2.39. The van der Waals surface area contributed by atoms with Crippen LogP contribution in [0.15, 0.2) is 28.9 Å². The van der Waals surface area contributed by atoms with Crippen molar-refractivity contribution in [3.63, 3.8) is 0 Å². The van der Waals surface area contributed by atoms with Crippen LogP contribution in [0.25, 0.3) is 0 Å². The molecule has 3 heterocycles. The van der Waals surface area contributed by atoms with Crippen molar-refractivity contribution in [2.24, 2.45) is 0 Å². The summed E-state index contributed by atoms with van der Waals surface area (Å²) in [5.74, 6) is 1.53. The lowest BCUT2D eigenvalue weighted by Gasteiger charge is -2.33. The number of hydrogen-bond donors (Lipinski definition) is 1. The zero-order valence-electron chi connectivity index (χ0n) is 11.8. The van der Waals surface area contributed by atoms with Gasteiger partial charge in [0, 0.05) is 11.9 Å². The minimum Gasteiger partial charge on any atom is -0.339 e. The summed E-state index contributed by atoms with van der Waals surface area (Å²) in [5, 5.41) is 7.52. The maximum atomic E-state index is 5.55. The van der Waals surface area contributed by atoms with E-state index in [0.717, 1.165) is 49.8 Å². The molecule has 0 unspecified atom stereocenters. The van der Waals surface area contributed by atoms with Crippen molar-refractivity contribution in [2.75, 3.05) is 13.1 Å². The fourth-order valence-electron chi connectivity index (χ4n) is 2.83. The first-order valence-corrected chi connectivity index (χ1v) is 7.26. The molecular formula is C15H20N4O. The maximum absolute atomic E-state index is 5.55. The van der Waals surface area contributed by atoms with Gasteiger partial charge in [-0.15, -0.1) is 0 Å². The minimum atomic E-state index is 0.0562. The van der Waals surface area contributed by atoms with Crippen LogP contribution in [0.1, 0.15) is 43.6 Å². The van der Waals surface area contributed by atoms with Gasteiger partial charge in [0.15, 0.2) is 5.82 Å². The summed E-state index contributed by atoms with van der Waals surface area (Å²) in [6.45, 7) is 4.24. The Balaban J connectivity index is 1.79. The molecule has 2 aromatic rings. The highest BCUT2D eigenvalue weighted by atomic mass is 16.5. The molecule has 0 amide bonds. The summed E-state index contributed by atoms with van der Waals surface area (Å²) in [6.07, 6.45) is 5.59. The monoisotopic (exact) mass is 272 g/mol. The van der Waals surface area contributed by atoms with Gasteiger partial charge in [0.05, 0.1) is 11.8 Å². The predicted octanol–water partition coefficient (Wildman–Crippen LogP) is 2.09. The van der Waals surface area contributed by atoms with E-state index in [9.17, 15) is 0 Å². The minimum absolute atomic E-state index is 0.0562. The molecule has 0 aliphatic carbocycles. The van der Waals surface area contributed by atoms with Gasteiger partial charge in [0.1, 0.15) is 0 Å². The topological polar surface area (TPSA) is 63.8 Å². The summed E-state index contributed by atoms with van der Waals surface area (Å²) in [4.78, 5) is 8.93. The van der Waals surface area contributed by atoms with Gasteiger partial charge >= 0.3 is 0 Å². The van der Waals surface area contributed by atoms with Crippen LogP contribution in [0.4, 0.5) is 0 Å². The van der Waals surface area contributed by atoms with E-state index in [0.29, 0.717) is 6.42 Å². The molecular weight excluding hydrogens is 252 g/mol. The van der Waals surface area contributed by atoms with E-state index in [1.54, 1.807) is 6.20 Å². The number of nitrogens with one attached hydrogen (secondary N) is 1. The van der Waals surface area contributed by atoms with Crippen molar-refractivity contribution in [2.45, 2.75) is 38.0 Å². The van der Waals surface area contributed by atoms with Crippen molar-refractivity contribution >= 4 is 0 Å². The van der Waals surface area contributed by atoms with Crippen molar-refractivity contribution in [3.8, 4) is 0 Å². The summed E-state index contributed by atoms with van der Waals surface area (Å²) >= 11 is 0. The van der Waals surface area contributed by atoms with Gasteiger partial charge in [-0.05, 0) is 44.5 Å². The van der Waals surface area contributed by atoms with Gasteiger partial charge in [-0.2, -0.15) is 4.98 Å². The van der Waals surface area contributed by atoms with E-state index in [-0.39, 0.29) is 5.41 Å². The Morgan fingerprint density at radius 1 is 1.30 bits per heavy atom. The fraction of sp³-hybridized carbons (Fsp3) is 0.533. The molecule has 5 heteroatoms. The van der Waals surface area contributed by atoms with Crippen molar-refractivity contribution in [1.82, 2.24) is 20.4 Å². The quantitative estimate of drug-likeness (QED) is 0.923. The van der Waals surface area contributed by atoms with Crippen LogP contribution < -0.4 is 5.32 Å². The first-order valence-electron chi connectivity index (χ1n) is 7.26. The number of aromatic nitrogens is 3. The molecule has 106 valence electrons. The molecule has 0 saturated carbocycles. The SMILES string of the molecule is CCC1(c2nc(Cc3ccccn3)no2)CCNCC1. The molecule has 20 heavy (non-hydrogen) atoms. The number of rotatable bonds is 4. The number of hydrogen-bond acceptors (Lipinski definition) is 5. The smallest absolute Gasteiger partial charge is 0.232 e. The Kier molecular flexibility index (Phi) is 3.78. The van der Waals surface area contributed by atoms with E-state index in [1.165, 1.54) is 0 Å². The van der Waals surface area contributed by atoms with E-state index in [1.807, 2.05) is 18.2 Å². The zero-order valence-corrected chi connectivity index (χ0v) is 11.8. The molecule has 1 aliphatic rings. The fourth-order valence-corrected chi connectivity index (χ4v) is 2.83. The molecule has 0 bridgehead atoms. The van der Waals surface area contributed by atoms with Gasteiger partial charge < -0.3 is 9.84 Å². The average molecular weight is 272 g/mol. The van der Waals surface area contributed by atoms with Crippen LogP contribution in [0.5, 0.6) is 0 Å². The second kappa shape index (κ2) is 5.71. The Morgan fingerprint density at radius 2 is 2.15 bits per heavy atom. The third-order valence-corrected chi connectivity index (χ3v) is 4.22. The van der Waals surface area contributed by atoms with Gasteiger partial charge in [0.25, 0.3) is 0 Å². The molecule has 1 fully saturated rings. The molecule has 0 atom stereocenters. The third-order valence-electron chi connectivity index (χ3n) is 4.22. The molecule has 0 radical (unpaired) electrons. The summed E-state index contributed by atoms with van der Waals surface area (Å²) in [6, 6.07) is 5.87. The summed E-state index contributed by atoms with van der Waals surface area (Å²) in [7, 11) is 0. The standard InChI is InChI=1S/C15H20N4O/c1-2-15(6-9-16-10-7-15)14-18-13(19-20-14)11-12-5-3-4-8-17-12/h3-5,8,16H,2,6-7,9-11H2,1H3. The predicted molar refractivity (Wildman–Crippen MR) is 75.4 cm³/mol. The Labute approximate surface area is 118 Å². The van der Waals surface area contributed by atoms with Crippen LogP contribution in [-0.4, -0.2) is 28.2 Å². The molecule has 0 spiro atoms. The molecule has 1 aliphatic heterocycles. The molecule has 1 N–H and O–H groups in total. The van der Waals surface area contributed by atoms with E-state index >= 15 is 0 Å². The van der Waals surface area contributed by atoms with Crippen LogP contribution in [0, 0.1) is 0 Å². The van der Waals surface area contributed by atoms with E-state index in [2.05, 4.69) is 27.4 Å². The lowest BCUT2D eigenvalue weighted by atomic mass is 9.76. The number of nitrogens with zero attached hydrogens (tertiary/aromatic N) is 3. The molecule has 3 rings (SSSR count). The first kappa shape index (κ1) is 13.2. The van der Waals surface area contributed by atoms with Crippen molar-refractivity contribution < 1.29 is 4.52 Å². The molecule has 5 nitrogen and oxygen atoms in total. The van der Waals surface area contributed by atoms with Crippen LogP contribution in [0.2, 0.25) is 0 Å². The number of piperidine rings is 1. The zero-order chi connectivity index (χ0) is 13.8. The van der Waals surface area contributed by atoms with Crippen LogP contribution in [0.3, 0.4) is 0 Å². The molecule has 2 aromatic heterocycles. The largest absolute Gasteiger partial charge is 0.339 e. The van der Waals surface area contributed by atoms with E-state index < -0.39 is 0 Å². The normalized spacial score (nSPS) is 18.1. The highest BCUT2D eigenvalue weighted by molar-refractivity contribution is 5.12. The van der Waals surface area contributed by atoms with Crippen molar-refractivity contribution in [3.05, 3.63) is 41.8 Å². The maximum Gasteiger partial charge on any atom is 0.232 e. The first-order chi connectivity index (χ1) is 9.82. The number of pyridine rings is 1. The highest BCUT2D eigenvalue weighted by Crippen LogP contribution is 2.35. The average Bonchev–Trinajstić information content (AvgIpc) is 2.98. The lowest BCUT2D eigenvalue weighted by molar-refractivity contribution is 0.216. The second-order valence-electron chi connectivity index (χ2n) is 5.40. The molecule has 1 saturated heterocycles. The van der Waals surface area contributed by atoms with Crippen LogP contribution >= 0.6 is 0 Å².